The van der Waals surface area contributed by atoms with Gasteiger partial charge in [0.2, 0.25) is 0 Å². The Morgan fingerprint density at radius 1 is 0.946 bits per heavy atom. The Morgan fingerprint density at radius 2 is 1.59 bits per heavy atom. The van der Waals surface area contributed by atoms with E-state index < -0.39 is 35.9 Å². The molecule has 1 N–H and O–H groups in total. The summed E-state index contributed by atoms with van der Waals surface area (Å²) in [6.45, 7) is 2.12. The van der Waals surface area contributed by atoms with Gasteiger partial charge in [0.1, 0.15) is 11.3 Å². The number of hydrogen-bond donors (Lipinski definition) is 1. The van der Waals surface area contributed by atoms with E-state index in [0.717, 1.165) is 18.5 Å². The van der Waals surface area contributed by atoms with Crippen LogP contribution in [0.1, 0.15) is 56.1 Å². The number of fused-ring (bicyclic) bond motifs is 1. The third-order valence-electron chi connectivity index (χ3n) is 7.64. The molecule has 2 aliphatic rings. The number of halogens is 6. The molecular weight excluding hydrogens is 500 g/mol. The molecule has 0 unspecified atom stereocenters. The van der Waals surface area contributed by atoms with Crippen LogP contribution in [0, 0.1) is 11.8 Å². The van der Waals surface area contributed by atoms with E-state index in [4.69, 9.17) is 9.84 Å². The zero-order valence-corrected chi connectivity index (χ0v) is 20.4. The number of nitrogens with zero attached hydrogens (tertiary/aromatic N) is 1. The molecule has 2 aromatic carbocycles. The molecule has 4 rings (SSSR count). The largest absolute Gasteiger partial charge is 0.490 e. The molecule has 1 heterocycles. The number of likely N-dealkylation sites (tertiary alicyclic amines) is 1. The smallest absolute Gasteiger partial charge is 0.420 e. The lowest BCUT2D eigenvalue weighted by atomic mass is 9.87. The number of rotatable bonds is 7. The molecule has 0 spiro atoms. The predicted molar refractivity (Wildman–Crippen MR) is 126 cm³/mol. The van der Waals surface area contributed by atoms with Gasteiger partial charge in [0.05, 0.1) is 17.9 Å². The molecule has 2 fully saturated rings. The molecule has 0 aromatic heterocycles. The third-order valence-corrected chi connectivity index (χ3v) is 7.64. The van der Waals surface area contributed by atoms with E-state index in [2.05, 4.69) is 4.90 Å². The topological polar surface area (TPSA) is 49.8 Å². The summed E-state index contributed by atoms with van der Waals surface area (Å²) in [6, 6.07) is 7.80. The van der Waals surface area contributed by atoms with Crippen molar-refractivity contribution >= 4 is 16.7 Å². The Labute approximate surface area is 211 Å². The van der Waals surface area contributed by atoms with Crippen molar-refractivity contribution in [3.8, 4) is 5.75 Å². The van der Waals surface area contributed by atoms with Crippen molar-refractivity contribution in [1.82, 2.24) is 4.90 Å². The molecule has 0 radical (unpaired) electrons. The molecule has 1 aliphatic carbocycles. The molecule has 4 nitrogen and oxygen atoms in total. The predicted octanol–water partition coefficient (Wildman–Crippen LogP) is 7.09. The van der Waals surface area contributed by atoms with E-state index in [1.165, 1.54) is 12.1 Å². The van der Waals surface area contributed by atoms with Crippen molar-refractivity contribution < 1.29 is 41.0 Å². The molecule has 10 heteroatoms. The lowest BCUT2D eigenvalue weighted by Gasteiger charge is -2.31. The molecule has 0 atom stereocenters. The summed E-state index contributed by atoms with van der Waals surface area (Å²) in [4.78, 5) is 13.3. The fourth-order valence-electron chi connectivity index (χ4n) is 5.49. The minimum atomic E-state index is -4.69. The Bertz CT molecular complexity index is 1080. The van der Waals surface area contributed by atoms with Gasteiger partial charge in [0.15, 0.2) is 0 Å². The summed E-state index contributed by atoms with van der Waals surface area (Å²) in [6.07, 6.45) is -7.37. The van der Waals surface area contributed by atoms with E-state index in [9.17, 15) is 31.1 Å². The summed E-state index contributed by atoms with van der Waals surface area (Å²) < 4.78 is 87.1. The average Bonchev–Trinajstić information content (AvgIpc) is 2.83. The first-order valence-corrected chi connectivity index (χ1v) is 12.7. The van der Waals surface area contributed by atoms with Crippen LogP contribution in [0.2, 0.25) is 0 Å². The molecule has 2 aromatic rings. The number of benzene rings is 2. The van der Waals surface area contributed by atoms with Crippen LogP contribution in [0.5, 0.6) is 5.75 Å². The van der Waals surface area contributed by atoms with Gasteiger partial charge < -0.3 is 14.7 Å². The number of hydrogen-bond acceptors (Lipinski definition) is 3. The van der Waals surface area contributed by atoms with Gasteiger partial charge in [-0.05, 0) is 93.4 Å². The number of aryl methyl sites for hydroxylation is 1. The monoisotopic (exact) mass is 531 g/mol. The third kappa shape index (κ3) is 6.89. The van der Waals surface area contributed by atoms with E-state index in [1.807, 2.05) is 0 Å². The highest BCUT2D eigenvalue weighted by molar-refractivity contribution is 5.89. The van der Waals surface area contributed by atoms with Crippen LogP contribution < -0.4 is 4.74 Å². The highest BCUT2D eigenvalue weighted by Gasteiger charge is 2.42. The highest BCUT2D eigenvalue weighted by atomic mass is 19.4. The maximum absolute atomic E-state index is 14.2. The van der Waals surface area contributed by atoms with E-state index in [1.54, 1.807) is 18.2 Å². The van der Waals surface area contributed by atoms with Crippen LogP contribution >= 0.6 is 0 Å². The number of carbonyl (C=O) groups is 1. The molecule has 1 saturated heterocycles. The van der Waals surface area contributed by atoms with Gasteiger partial charge in [-0.2, -0.15) is 26.3 Å². The fourth-order valence-corrected chi connectivity index (χ4v) is 5.49. The van der Waals surface area contributed by atoms with E-state index >= 15 is 0 Å². The molecular formula is C27H31F6NO3. The zero-order valence-electron chi connectivity index (χ0n) is 20.4. The Hall–Kier alpha value is -2.49. The Morgan fingerprint density at radius 3 is 2.19 bits per heavy atom. The van der Waals surface area contributed by atoms with Gasteiger partial charge in [0.25, 0.3) is 0 Å². The van der Waals surface area contributed by atoms with Gasteiger partial charge in [-0.15, -0.1) is 0 Å². The fraction of sp³-hybridized carbons (Fsp3) is 0.593. The first-order valence-electron chi connectivity index (χ1n) is 12.7. The van der Waals surface area contributed by atoms with Crippen molar-refractivity contribution in [3.63, 3.8) is 0 Å². The minimum absolute atomic E-state index is 0.0220. The SMILES string of the molecule is O=C(O)C1CCN(CCCc2ccc3ccc(OC4CCC(C(F)(F)F)CC4)c(C(F)(F)F)c3c2)CC1. The lowest BCUT2D eigenvalue weighted by Crippen LogP contribution is -2.36. The second kappa shape index (κ2) is 11.1. The summed E-state index contributed by atoms with van der Waals surface area (Å²) in [7, 11) is 0. The molecule has 0 amide bonds. The van der Waals surface area contributed by atoms with Crippen LogP contribution in [0.25, 0.3) is 10.8 Å². The maximum atomic E-state index is 14.2. The standard InChI is InChI=1S/C27H31F6NO3/c28-26(29,30)20-6-8-21(9-7-20)37-23-10-5-18-4-3-17(16-22(18)24(23)27(31,32)33)2-1-13-34-14-11-19(12-15-34)25(35)36/h3-5,10,16,19-21H,1-2,6-9,11-15H2,(H,35,36). The summed E-state index contributed by atoms with van der Waals surface area (Å²) >= 11 is 0. The van der Waals surface area contributed by atoms with Gasteiger partial charge >= 0.3 is 18.3 Å². The number of piperidine rings is 1. The zero-order chi connectivity index (χ0) is 26.8. The first kappa shape index (κ1) is 27.5. The summed E-state index contributed by atoms with van der Waals surface area (Å²) in [5, 5.41) is 9.56. The second-order valence-electron chi connectivity index (χ2n) is 10.2. The number of alkyl halides is 6. The van der Waals surface area contributed by atoms with Gasteiger partial charge in [0, 0.05) is 0 Å². The highest BCUT2D eigenvalue weighted by Crippen LogP contribution is 2.44. The second-order valence-corrected chi connectivity index (χ2v) is 10.2. The molecule has 1 aliphatic heterocycles. The minimum Gasteiger partial charge on any atom is -0.490 e. The molecule has 204 valence electrons. The first-order chi connectivity index (χ1) is 17.4. The number of aliphatic carboxylic acids is 1. The van der Waals surface area contributed by atoms with Crippen molar-refractivity contribution in [1.29, 1.82) is 0 Å². The summed E-state index contributed by atoms with van der Waals surface area (Å²) in [5.41, 5.74) is -0.137. The van der Waals surface area contributed by atoms with E-state index in [-0.39, 0.29) is 42.7 Å². The van der Waals surface area contributed by atoms with Crippen LogP contribution in [0.4, 0.5) is 26.3 Å². The van der Waals surface area contributed by atoms with Crippen LogP contribution in [-0.4, -0.2) is 47.9 Å². The van der Waals surface area contributed by atoms with Crippen LogP contribution in [0.15, 0.2) is 30.3 Å². The molecule has 37 heavy (non-hydrogen) atoms. The summed E-state index contributed by atoms with van der Waals surface area (Å²) in [5.74, 6) is -2.85. The number of carboxylic acids is 1. The van der Waals surface area contributed by atoms with Crippen molar-refractivity contribution in [2.24, 2.45) is 11.8 Å². The maximum Gasteiger partial charge on any atom is 0.420 e. The number of ether oxygens (including phenoxy) is 1. The Kier molecular flexibility index (Phi) is 8.26. The van der Waals surface area contributed by atoms with Gasteiger partial charge in [-0.25, -0.2) is 0 Å². The average molecular weight is 532 g/mol. The molecule has 1 saturated carbocycles. The van der Waals surface area contributed by atoms with Crippen molar-refractivity contribution in [2.75, 3.05) is 19.6 Å². The Balaban J connectivity index is 1.45. The van der Waals surface area contributed by atoms with Crippen LogP contribution in [0.3, 0.4) is 0 Å². The lowest BCUT2D eigenvalue weighted by molar-refractivity contribution is -0.185. The van der Waals surface area contributed by atoms with E-state index in [0.29, 0.717) is 37.7 Å². The molecule has 0 bridgehead atoms. The van der Waals surface area contributed by atoms with Crippen molar-refractivity contribution in [2.45, 2.75) is 69.8 Å². The van der Waals surface area contributed by atoms with Gasteiger partial charge in [-0.1, -0.05) is 24.3 Å². The normalized spacial score (nSPS) is 22.3. The van der Waals surface area contributed by atoms with Gasteiger partial charge in [-0.3, -0.25) is 4.79 Å². The quantitative estimate of drug-likeness (QED) is 0.388. The van der Waals surface area contributed by atoms with Crippen molar-refractivity contribution in [3.05, 3.63) is 41.5 Å². The number of carboxylic acid groups (broad SMARTS) is 1. The van der Waals surface area contributed by atoms with Crippen LogP contribution in [-0.2, 0) is 17.4 Å².